The minimum atomic E-state index is -0.695. The van der Waals surface area contributed by atoms with Crippen molar-refractivity contribution in [3.05, 3.63) is 57.9 Å². The Balaban J connectivity index is 1.98. The van der Waals surface area contributed by atoms with E-state index in [0.717, 1.165) is 17.6 Å². The molecule has 0 fully saturated rings. The number of aromatic nitrogens is 1. The smallest absolute Gasteiger partial charge is 0.285 e. The SMILES string of the molecule is CCCCOCC1(C)CN(c2cccc[n+]2[O-])c2cc([N+](=O)[O-])ccc2O1. The van der Waals surface area contributed by atoms with Crippen LogP contribution in [0.3, 0.4) is 0 Å². The Morgan fingerprint density at radius 2 is 2.19 bits per heavy atom. The van der Waals surface area contributed by atoms with Gasteiger partial charge in [-0.1, -0.05) is 19.4 Å². The summed E-state index contributed by atoms with van der Waals surface area (Å²) < 4.78 is 12.6. The summed E-state index contributed by atoms with van der Waals surface area (Å²) in [5.41, 5.74) is -0.260. The molecule has 0 saturated carbocycles. The Hall–Kier alpha value is -2.87. The molecule has 0 aliphatic carbocycles. The Morgan fingerprint density at radius 1 is 1.37 bits per heavy atom. The lowest BCUT2D eigenvalue weighted by Gasteiger charge is -2.38. The van der Waals surface area contributed by atoms with Crippen molar-refractivity contribution in [1.29, 1.82) is 0 Å². The van der Waals surface area contributed by atoms with Gasteiger partial charge >= 0.3 is 0 Å². The summed E-state index contributed by atoms with van der Waals surface area (Å²) in [7, 11) is 0. The molecule has 27 heavy (non-hydrogen) atoms. The van der Waals surface area contributed by atoms with Gasteiger partial charge in [-0.25, -0.2) is 9.63 Å². The quantitative estimate of drug-likeness (QED) is 0.243. The Kier molecular flexibility index (Phi) is 5.46. The minimum Gasteiger partial charge on any atom is -0.711 e. The minimum absolute atomic E-state index is 0.0569. The maximum atomic E-state index is 12.3. The third kappa shape index (κ3) is 4.11. The largest absolute Gasteiger partial charge is 0.711 e. The number of pyridine rings is 1. The van der Waals surface area contributed by atoms with Gasteiger partial charge in [-0.05, 0) is 25.5 Å². The maximum Gasteiger partial charge on any atom is 0.285 e. The lowest BCUT2D eigenvalue weighted by atomic mass is 10.0. The topological polar surface area (TPSA) is 91.8 Å². The number of hydrogen-bond acceptors (Lipinski definition) is 6. The van der Waals surface area contributed by atoms with Gasteiger partial charge in [0.15, 0.2) is 17.0 Å². The molecule has 3 rings (SSSR count). The van der Waals surface area contributed by atoms with Crippen LogP contribution in [0, 0.1) is 15.3 Å². The van der Waals surface area contributed by atoms with Crippen LogP contribution in [0.2, 0.25) is 0 Å². The molecule has 1 aliphatic heterocycles. The van der Waals surface area contributed by atoms with Crippen molar-refractivity contribution in [2.24, 2.45) is 0 Å². The summed E-state index contributed by atoms with van der Waals surface area (Å²) in [6.45, 7) is 5.32. The fraction of sp³-hybridized carbons (Fsp3) is 0.421. The summed E-state index contributed by atoms with van der Waals surface area (Å²) in [5, 5.41) is 23.5. The molecule has 2 heterocycles. The van der Waals surface area contributed by atoms with Crippen molar-refractivity contribution >= 4 is 17.2 Å². The van der Waals surface area contributed by atoms with Crippen LogP contribution < -0.4 is 14.4 Å². The van der Waals surface area contributed by atoms with E-state index < -0.39 is 10.5 Å². The van der Waals surface area contributed by atoms with E-state index in [2.05, 4.69) is 6.92 Å². The number of benzene rings is 1. The van der Waals surface area contributed by atoms with Gasteiger partial charge in [0.25, 0.3) is 11.5 Å². The van der Waals surface area contributed by atoms with E-state index in [9.17, 15) is 15.3 Å². The Morgan fingerprint density at radius 3 is 2.89 bits per heavy atom. The van der Waals surface area contributed by atoms with Gasteiger partial charge in [0, 0.05) is 18.7 Å². The van der Waals surface area contributed by atoms with Gasteiger partial charge < -0.3 is 14.7 Å². The molecular weight excluding hydrogens is 350 g/mol. The van der Waals surface area contributed by atoms with Gasteiger partial charge in [0.2, 0.25) is 0 Å². The average Bonchev–Trinajstić information content (AvgIpc) is 2.65. The number of nitro benzene ring substituents is 1. The number of rotatable bonds is 7. The van der Waals surface area contributed by atoms with Crippen LogP contribution in [0.25, 0.3) is 0 Å². The summed E-state index contributed by atoms with van der Waals surface area (Å²) >= 11 is 0. The molecule has 8 nitrogen and oxygen atoms in total. The lowest BCUT2D eigenvalue weighted by Crippen LogP contribution is -2.52. The van der Waals surface area contributed by atoms with E-state index in [1.165, 1.54) is 18.3 Å². The summed E-state index contributed by atoms with van der Waals surface area (Å²) in [4.78, 5) is 12.5. The molecule has 0 N–H and O–H groups in total. The predicted octanol–water partition coefficient (Wildman–Crippen LogP) is 3.33. The van der Waals surface area contributed by atoms with Crippen LogP contribution in [-0.4, -0.2) is 30.3 Å². The van der Waals surface area contributed by atoms with E-state index in [0.29, 0.717) is 37.0 Å². The fourth-order valence-corrected chi connectivity index (χ4v) is 3.08. The number of ether oxygens (including phenoxy) is 2. The van der Waals surface area contributed by atoms with Crippen LogP contribution in [0.5, 0.6) is 5.75 Å². The molecule has 1 atom stereocenters. The average molecular weight is 373 g/mol. The predicted molar refractivity (Wildman–Crippen MR) is 100 cm³/mol. The van der Waals surface area contributed by atoms with Gasteiger partial charge in [-0.2, -0.15) is 0 Å². The zero-order valence-corrected chi connectivity index (χ0v) is 15.5. The normalized spacial score (nSPS) is 18.7. The van der Waals surface area contributed by atoms with Crippen LogP contribution in [0.4, 0.5) is 17.2 Å². The second-order valence-electron chi connectivity index (χ2n) is 6.84. The van der Waals surface area contributed by atoms with Gasteiger partial charge in [0.1, 0.15) is 6.54 Å². The molecule has 1 aromatic carbocycles. The third-order valence-corrected chi connectivity index (χ3v) is 4.42. The molecule has 0 spiro atoms. The van der Waals surface area contributed by atoms with E-state index in [-0.39, 0.29) is 5.69 Å². The van der Waals surface area contributed by atoms with Crippen molar-refractivity contribution in [1.82, 2.24) is 0 Å². The summed E-state index contributed by atoms with van der Waals surface area (Å²) in [5.74, 6) is 0.861. The molecule has 1 aliphatic rings. The first-order valence-electron chi connectivity index (χ1n) is 8.94. The second kappa shape index (κ2) is 7.79. The van der Waals surface area contributed by atoms with E-state index in [1.54, 1.807) is 29.2 Å². The first kappa shape index (κ1) is 18.9. The van der Waals surface area contributed by atoms with Crippen molar-refractivity contribution in [2.45, 2.75) is 32.3 Å². The molecular formula is C19H23N3O5. The molecule has 0 radical (unpaired) electrons. The molecule has 0 bridgehead atoms. The standard InChI is InChI=1S/C19H23N3O5/c1-3-4-11-26-14-19(2)13-20(18-7-5-6-10-21(18)23)16-12-15(22(24)25)8-9-17(16)27-19/h5-10,12H,3-4,11,13-14H2,1-2H3. The number of hydrogen-bond donors (Lipinski definition) is 0. The number of nitrogens with zero attached hydrogens (tertiary/aromatic N) is 3. The molecule has 0 saturated heterocycles. The van der Waals surface area contributed by atoms with Gasteiger partial charge in [0.05, 0.1) is 23.8 Å². The van der Waals surface area contributed by atoms with E-state index in [4.69, 9.17) is 9.47 Å². The molecule has 144 valence electrons. The number of nitro groups is 1. The monoisotopic (exact) mass is 373 g/mol. The number of unbranched alkanes of at least 4 members (excludes halogenated alkanes) is 1. The first-order valence-corrected chi connectivity index (χ1v) is 8.94. The third-order valence-electron chi connectivity index (χ3n) is 4.42. The van der Waals surface area contributed by atoms with E-state index in [1.807, 2.05) is 6.92 Å². The van der Waals surface area contributed by atoms with Crippen molar-refractivity contribution in [2.75, 3.05) is 24.7 Å². The van der Waals surface area contributed by atoms with Crippen molar-refractivity contribution in [3.8, 4) is 5.75 Å². The van der Waals surface area contributed by atoms with Crippen LogP contribution in [-0.2, 0) is 4.74 Å². The molecule has 1 aromatic heterocycles. The molecule has 2 aromatic rings. The Labute approximate surface area is 157 Å². The first-order chi connectivity index (χ1) is 12.9. The van der Waals surface area contributed by atoms with Crippen LogP contribution in [0.15, 0.2) is 42.6 Å². The highest BCUT2D eigenvalue weighted by Crippen LogP contribution is 2.42. The van der Waals surface area contributed by atoms with E-state index >= 15 is 0 Å². The van der Waals surface area contributed by atoms with Gasteiger partial charge in [-0.3, -0.25) is 10.1 Å². The van der Waals surface area contributed by atoms with Crippen molar-refractivity contribution in [3.63, 3.8) is 0 Å². The number of non-ortho nitro benzene ring substituents is 1. The van der Waals surface area contributed by atoms with Crippen molar-refractivity contribution < 1.29 is 19.1 Å². The summed E-state index contributed by atoms with van der Waals surface area (Å²) in [6.07, 6.45) is 3.40. The maximum absolute atomic E-state index is 12.3. The zero-order valence-electron chi connectivity index (χ0n) is 15.5. The summed E-state index contributed by atoms with van der Waals surface area (Å²) in [6, 6.07) is 9.47. The fourth-order valence-electron chi connectivity index (χ4n) is 3.08. The van der Waals surface area contributed by atoms with Crippen LogP contribution >= 0.6 is 0 Å². The highest BCUT2D eigenvalue weighted by Gasteiger charge is 2.42. The number of anilines is 2. The van der Waals surface area contributed by atoms with Gasteiger partial charge in [-0.15, -0.1) is 0 Å². The molecule has 8 heteroatoms. The zero-order chi connectivity index (χ0) is 19.4. The molecule has 1 unspecified atom stereocenters. The van der Waals surface area contributed by atoms with Crippen LogP contribution in [0.1, 0.15) is 26.7 Å². The Bertz CT molecular complexity index is 829. The highest BCUT2D eigenvalue weighted by molar-refractivity contribution is 5.70. The number of fused-ring (bicyclic) bond motifs is 1. The highest BCUT2D eigenvalue weighted by atomic mass is 16.6. The lowest BCUT2D eigenvalue weighted by molar-refractivity contribution is -0.592. The molecule has 0 amide bonds. The second-order valence-corrected chi connectivity index (χ2v) is 6.84.